The fourth-order valence-corrected chi connectivity index (χ4v) is 8.54. The maximum absolute atomic E-state index is 12.9. The topological polar surface area (TPSA) is 78.9 Å². The van der Waals surface area contributed by atoms with E-state index in [4.69, 9.17) is 14.2 Å². The van der Waals surface area contributed by atoms with E-state index in [1.54, 1.807) is 0 Å². The van der Waals surface area contributed by atoms with Crippen molar-refractivity contribution >= 4 is 17.9 Å². The molecule has 0 aliphatic heterocycles. The van der Waals surface area contributed by atoms with Gasteiger partial charge in [0.1, 0.15) is 13.2 Å². The Hall–Kier alpha value is -3.15. The summed E-state index contributed by atoms with van der Waals surface area (Å²) in [7, 11) is 0. The van der Waals surface area contributed by atoms with Gasteiger partial charge in [0.15, 0.2) is 6.10 Å². The standard InChI is InChI=1S/C65H114O6/c1-4-7-10-13-16-19-22-25-28-31-32-35-37-40-43-46-49-52-55-58-64(67)70-61-62(71-65(68)59-56-53-50-47-44-41-38-34-30-27-24-21-18-15-12-9-6-3)60-69-63(66)57-54-51-48-45-42-39-36-33-29-26-23-20-17-14-11-8-5-2/h18,21,26-27,29-32,38,41,47,50,62H,4-17,19-20,22-25,28,33-37,39-40,42-46,48-49,51-61H2,1-3H3/b21-18-,29-26-,30-27-,32-31-,41-38-,50-47-. The molecule has 0 aromatic carbocycles. The van der Waals surface area contributed by atoms with Gasteiger partial charge in [-0.05, 0) is 109 Å². The molecule has 0 aliphatic rings. The second-order valence-electron chi connectivity index (χ2n) is 20.2. The number of ether oxygens (including phenoxy) is 3. The van der Waals surface area contributed by atoms with Gasteiger partial charge in [0.2, 0.25) is 0 Å². The molecule has 0 saturated heterocycles. The van der Waals surface area contributed by atoms with Crippen LogP contribution in [0.15, 0.2) is 72.9 Å². The lowest BCUT2D eigenvalue weighted by Crippen LogP contribution is -2.30. The van der Waals surface area contributed by atoms with Crippen molar-refractivity contribution in [1.29, 1.82) is 0 Å². The first-order valence-electron chi connectivity index (χ1n) is 30.4. The number of esters is 3. The Morgan fingerprint density at radius 3 is 0.873 bits per heavy atom. The molecule has 1 unspecified atom stereocenters. The van der Waals surface area contributed by atoms with Crippen LogP contribution in [0.4, 0.5) is 0 Å². The summed E-state index contributed by atoms with van der Waals surface area (Å²) in [6, 6.07) is 0. The van der Waals surface area contributed by atoms with Crippen molar-refractivity contribution in [3.05, 3.63) is 72.9 Å². The fourth-order valence-electron chi connectivity index (χ4n) is 8.54. The van der Waals surface area contributed by atoms with E-state index in [2.05, 4.69) is 93.7 Å². The SMILES string of the molecule is CCCCC/C=C\C/C=C\C/C=C\C/C=C\CCCC(=O)OC(COC(=O)CCCCCCCCC/C=C\CCCCCCCC)COC(=O)CCCCCCCCC/C=C\CCCCCCCCCC. The van der Waals surface area contributed by atoms with E-state index in [-0.39, 0.29) is 37.5 Å². The molecule has 71 heavy (non-hydrogen) atoms. The molecule has 0 heterocycles. The third-order valence-corrected chi connectivity index (χ3v) is 13.2. The zero-order valence-corrected chi connectivity index (χ0v) is 47.0. The average Bonchev–Trinajstić information content (AvgIpc) is 3.37. The van der Waals surface area contributed by atoms with Crippen LogP contribution in [0.2, 0.25) is 0 Å². The maximum Gasteiger partial charge on any atom is 0.306 e. The van der Waals surface area contributed by atoms with Crippen LogP contribution in [0.1, 0.15) is 303 Å². The van der Waals surface area contributed by atoms with Crippen LogP contribution >= 0.6 is 0 Å². The molecule has 1 atom stereocenters. The minimum absolute atomic E-state index is 0.0997. The van der Waals surface area contributed by atoms with Crippen molar-refractivity contribution in [3.8, 4) is 0 Å². The summed E-state index contributed by atoms with van der Waals surface area (Å²) in [6.07, 6.45) is 76.1. The molecule has 0 N–H and O–H groups in total. The second kappa shape index (κ2) is 59.4. The highest BCUT2D eigenvalue weighted by Crippen LogP contribution is 2.15. The van der Waals surface area contributed by atoms with Crippen molar-refractivity contribution in [1.82, 2.24) is 0 Å². The lowest BCUT2D eigenvalue weighted by molar-refractivity contribution is -0.167. The number of hydrogen-bond donors (Lipinski definition) is 0. The second-order valence-corrected chi connectivity index (χ2v) is 20.2. The van der Waals surface area contributed by atoms with Crippen molar-refractivity contribution in [2.45, 2.75) is 309 Å². The van der Waals surface area contributed by atoms with Crippen LogP contribution in [-0.2, 0) is 28.6 Å². The number of allylic oxidation sites excluding steroid dienone is 12. The minimum Gasteiger partial charge on any atom is -0.462 e. The van der Waals surface area contributed by atoms with E-state index in [0.717, 1.165) is 64.2 Å². The monoisotopic (exact) mass is 991 g/mol. The summed E-state index contributed by atoms with van der Waals surface area (Å²) in [6.45, 7) is 6.58. The van der Waals surface area contributed by atoms with Crippen molar-refractivity contribution in [2.24, 2.45) is 0 Å². The van der Waals surface area contributed by atoms with E-state index in [9.17, 15) is 14.4 Å². The Kier molecular flexibility index (Phi) is 56.8. The molecule has 0 amide bonds. The van der Waals surface area contributed by atoms with Crippen LogP contribution < -0.4 is 0 Å². The Morgan fingerprint density at radius 1 is 0.282 bits per heavy atom. The van der Waals surface area contributed by atoms with Crippen molar-refractivity contribution in [2.75, 3.05) is 13.2 Å². The van der Waals surface area contributed by atoms with E-state index in [0.29, 0.717) is 19.3 Å². The molecule has 0 radical (unpaired) electrons. The fraction of sp³-hybridized carbons (Fsp3) is 0.769. The predicted molar refractivity (Wildman–Crippen MR) is 307 cm³/mol. The smallest absolute Gasteiger partial charge is 0.306 e. The third kappa shape index (κ3) is 57.6. The quantitative estimate of drug-likeness (QED) is 0.0261. The van der Waals surface area contributed by atoms with E-state index in [1.165, 1.54) is 193 Å². The van der Waals surface area contributed by atoms with Crippen LogP contribution in [0.3, 0.4) is 0 Å². The van der Waals surface area contributed by atoms with Crippen molar-refractivity contribution < 1.29 is 28.6 Å². The minimum atomic E-state index is -0.808. The van der Waals surface area contributed by atoms with E-state index < -0.39 is 6.10 Å². The zero-order chi connectivity index (χ0) is 51.4. The van der Waals surface area contributed by atoms with Gasteiger partial charge < -0.3 is 14.2 Å². The van der Waals surface area contributed by atoms with Gasteiger partial charge in [-0.2, -0.15) is 0 Å². The van der Waals surface area contributed by atoms with E-state index in [1.807, 2.05) is 0 Å². The highest BCUT2D eigenvalue weighted by Gasteiger charge is 2.19. The summed E-state index contributed by atoms with van der Waals surface area (Å²) in [4.78, 5) is 38.2. The first-order valence-corrected chi connectivity index (χ1v) is 30.4. The highest BCUT2D eigenvalue weighted by molar-refractivity contribution is 5.71. The summed E-state index contributed by atoms with van der Waals surface area (Å²) in [5, 5.41) is 0. The molecule has 0 aromatic heterocycles. The molecule has 6 heteroatoms. The number of carbonyl (C=O) groups excluding carboxylic acids is 3. The Morgan fingerprint density at radius 2 is 0.521 bits per heavy atom. The Labute approximate surface area is 440 Å². The van der Waals surface area contributed by atoms with Crippen LogP contribution in [0.5, 0.6) is 0 Å². The molecular formula is C65H114O6. The summed E-state index contributed by atoms with van der Waals surface area (Å²) < 4.78 is 16.8. The summed E-state index contributed by atoms with van der Waals surface area (Å²) in [5.41, 5.74) is 0. The first-order chi connectivity index (χ1) is 35.0. The third-order valence-electron chi connectivity index (χ3n) is 13.2. The molecule has 0 aromatic rings. The molecule has 0 aliphatic carbocycles. The van der Waals surface area contributed by atoms with Gasteiger partial charge >= 0.3 is 17.9 Å². The maximum atomic E-state index is 12.9. The van der Waals surface area contributed by atoms with Gasteiger partial charge in [-0.1, -0.05) is 248 Å². The van der Waals surface area contributed by atoms with Gasteiger partial charge in [0, 0.05) is 19.3 Å². The molecule has 0 fully saturated rings. The van der Waals surface area contributed by atoms with Gasteiger partial charge in [-0.25, -0.2) is 0 Å². The number of rotatable bonds is 55. The number of hydrogen-bond acceptors (Lipinski definition) is 6. The van der Waals surface area contributed by atoms with E-state index >= 15 is 0 Å². The zero-order valence-electron chi connectivity index (χ0n) is 47.0. The molecule has 0 bridgehead atoms. The Balaban J connectivity index is 4.45. The Bertz CT molecular complexity index is 1320. The lowest BCUT2D eigenvalue weighted by atomic mass is 10.1. The number of unbranched alkanes of at least 4 members (excludes halogenated alkanes) is 32. The van der Waals surface area contributed by atoms with Gasteiger partial charge in [-0.15, -0.1) is 0 Å². The van der Waals surface area contributed by atoms with Crippen LogP contribution in [0.25, 0.3) is 0 Å². The van der Waals surface area contributed by atoms with Crippen LogP contribution in [-0.4, -0.2) is 37.2 Å². The molecule has 6 nitrogen and oxygen atoms in total. The van der Waals surface area contributed by atoms with Crippen LogP contribution in [0, 0.1) is 0 Å². The first kappa shape index (κ1) is 67.8. The summed E-state index contributed by atoms with van der Waals surface area (Å²) >= 11 is 0. The van der Waals surface area contributed by atoms with Gasteiger partial charge in [0.25, 0.3) is 0 Å². The highest BCUT2D eigenvalue weighted by atomic mass is 16.6. The predicted octanol–water partition coefficient (Wildman–Crippen LogP) is 20.5. The lowest BCUT2D eigenvalue weighted by Gasteiger charge is -2.18. The molecular weight excluding hydrogens is 877 g/mol. The molecule has 0 saturated carbocycles. The normalized spacial score (nSPS) is 12.5. The summed E-state index contributed by atoms with van der Waals surface area (Å²) in [5.74, 6) is -0.954. The van der Waals surface area contributed by atoms with Crippen molar-refractivity contribution in [3.63, 3.8) is 0 Å². The average molecular weight is 992 g/mol. The molecule has 0 spiro atoms. The number of carbonyl (C=O) groups is 3. The van der Waals surface area contributed by atoms with Gasteiger partial charge in [0.05, 0.1) is 0 Å². The molecule has 0 rings (SSSR count). The largest absolute Gasteiger partial charge is 0.462 e. The molecule has 410 valence electrons. The van der Waals surface area contributed by atoms with Gasteiger partial charge in [-0.3, -0.25) is 14.4 Å².